The van der Waals surface area contributed by atoms with E-state index in [0.29, 0.717) is 11.4 Å². The number of nitrogens with zero attached hydrogens (tertiary/aromatic N) is 2. The van der Waals surface area contributed by atoms with Gasteiger partial charge < -0.3 is 10.4 Å². The first kappa shape index (κ1) is 11.2. The first-order valence-corrected chi connectivity index (χ1v) is 4.43. The van der Waals surface area contributed by atoms with Gasteiger partial charge in [0.15, 0.2) is 0 Å². The van der Waals surface area contributed by atoms with E-state index in [2.05, 4.69) is 10.4 Å². The Morgan fingerprint density at radius 1 is 1.47 bits per heavy atom. The van der Waals surface area contributed by atoms with Crippen molar-refractivity contribution in [3.63, 3.8) is 0 Å². The average molecular weight is 211 g/mol. The minimum absolute atomic E-state index is 0.534. The summed E-state index contributed by atoms with van der Waals surface area (Å²) < 4.78 is 1.63. The zero-order valence-electron chi connectivity index (χ0n) is 8.87. The van der Waals surface area contributed by atoms with Gasteiger partial charge >= 0.3 is 5.97 Å². The van der Waals surface area contributed by atoms with Crippen molar-refractivity contribution in [2.24, 2.45) is 7.05 Å². The van der Waals surface area contributed by atoms with Crippen molar-refractivity contribution in [2.75, 3.05) is 5.32 Å². The molecule has 1 aromatic heterocycles. The summed E-state index contributed by atoms with van der Waals surface area (Å²) in [6, 6.07) is 0. The van der Waals surface area contributed by atoms with Crippen LogP contribution in [0.3, 0.4) is 0 Å². The van der Waals surface area contributed by atoms with Crippen LogP contribution in [0.15, 0.2) is 0 Å². The van der Waals surface area contributed by atoms with Crippen molar-refractivity contribution < 1.29 is 14.7 Å². The maximum Gasteiger partial charge on any atom is 0.312 e. The Kier molecular flexibility index (Phi) is 3.08. The van der Waals surface area contributed by atoms with Gasteiger partial charge in [-0.25, -0.2) is 0 Å². The van der Waals surface area contributed by atoms with Gasteiger partial charge in [0.1, 0.15) is 6.42 Å². The Morgan fingerprint density at radius 2 is 2.07 bits per heavy atom. The maximum atomic E-state index is 11.2. The second-order valence-electron chi connectivity index (χ2n) is 3.29. The van der Waals surface area contributed by atoms with Gasteiger partial charge in [-0.3, -0.25) is 14.3 Å². The summed E-state index contributed by atoms with van der Waals surface area (Å²) in [5, 5.41) is 15.0. The quantitative estimate of drug-likeness (QED) is 0.711. The number of amides is 1. The molecule has 0 saturated heterocycles. The monoisotopic (exact) mass is 211 g/mol. The molecule has 1 amide bonds. The van der Waals surface area contributed by atoms with Crippen LogP contribution < -0.4 is 5.32 Å². The van der Waals surface area contributed by atoms with E-state index < -0.39 is 18.3 Å². The fraction of sp³-hybridized carbons (Fsp3) is 0.444. The van der Waals surface area contributed by atoms with Crippen LogP contribution in [0.5, 0.6) is 0 Å². The molecule has 1 aromatic rings. The number of carbonyl (C=O) groups excluding carboxylic acids is 1. The number of aromatic nitrogens is 2. The number of aliphatic carboxylic acids is 1. The predicted molar refractivity (Wildman–Crippen MR) is 53.6 cm³/mol. The summed E-state index contributed by atoms with van der Waals surface area (Å²) in [6.07, 6.45) is -0.534. The fourth-order valence-corrected chi connectivity index (χ4v) is 1.28. The van der Waals surface area contributed by atoms with Crippen LogP contribution in [0.2, 0.25) is 0 Å². The molecular weight excluding hydrogens is 198 g/mol. The summed E-state index contributed by atoms with van der Waals surface area (Å²) >= 11 is 0. The minimum atomic E-state index is -1.15. The van der Waals surface area contributed by atoms with Crippen LogP contribution in [-0.4, -0.2) is 26.8 Å². The van der Waals surface area contributed by atoms with E-state index >= 15 is 0 Å². The van der Waals surface area contributed by atoms with Crippen molar-refractivity contribution in [3.05, 3.63) is 11.4 Å². The highest BCUT2D eigenvalue weighted by molar-refractivity contribution is 6.01. The summed E-state index contributed by atoms with van der Waals surface area (Å²) in [7, 11) is 1.76. The summed E-state index contributed by atoms with van der Waals surface area (Å²) in [6.45, 7) is 3.56. The van der Waals surface area contributed by atoms with E-state index in [1.807, 2.05) is 0 Å². The normalized spacial score (nSPS) is 10.1. The third-order valence-electron chi connectivity index (χ3n) is 2.09. The Labute approximate surface area is 86.9 Å². The molecule has 6 heteroatoms. The van der Waals surface area contributed by atoms with Gasteiger partial charge in [0.25, 0.3) is 0 Å². The van der Waals surface area contributed by atoms with Crippen molar-refractivity contribution in [1.82, 2.24) is 9.78 Å². The van der Waals surface area contributed by atoms with E-state index in [-0.39, 0.29) is 0 Å². The van der Waals surface area contributed by atoms with Gasteiger partial charge in [-0.1, -0.05) is 0 Å². The summed E-state index contributed by atoms with van der Waals surface area (Å²) in [4.78, 5) is 21.5. The molecule has 15 heavy (non-hydrogen) atoms. The van der Waals surface area contributed by atoms with Gasteiger partial charge in [-0.15, -0.1) is 0 Å². The number of rotatable bonds is 3. The molecule has 1 rings (SSSR count). The number of aryl methyl sites for hydroxylation is 2. The molecule has 0 aliphatic rings. The molecule has 0 spiro atoms. The predicted octanol–water partition coefficient (Wildman–Crippen LogP) is 0.450. The smallest absolute Gasteiger partial charge is 0.312 e. The highest BCUT2D eigenvalue weighted by Gasteiger charge is 2.14. The van der Waals surface area contributed by atoms with E-state index in [1.54, 1.807) is 25.6 Å². The number of carboxylic acids is 1. The van der Waals surface area contributed by atoms with Crippen LogP contribution in [0.25, 0.3) is 0 Å². The first-order valence-electron chi connectivity index (χ1n) is 4.43. The molecule has 0 unspecified atom stereocenters. The number of hydrogen-bond acceptors (Lipinski definition) is 3. The van der Waals surface area contributed by atoms with E-state index in [9.17, 15) is 9.59 Å². The molecular formula is C9H13N3O3. The molecule has 0 aliphatic carbocycles. The number of anilines is 1. The minimum Gasteiger partial charge on any atom is -0.481 e. The van der Waals surface area contributed by atoms with Crippen LogP contribution in [0, 0.1) is 13.8 Å². The van der Waals surface area contributed by atoms with Gasteiger partial charge in [-0.05, 0) is 13.8 Å². The lowest BCUT2D eigenvalue weighted by Gasteiger charge is -2.03. The van der Waals surface area contributed by atoms with Gasteiger partial charge in [0, 0.05) is 7.05 Å². The van der Waals surface area contributed by atoms with E-state index in [1.165, 1.54) is 0 Å². The highest BCUT2D eigenvalue weighted by Crippen LogP contribution is 2.18. The fourth-order valence-electron chi connectivity index (χ4n) is 1.28. The Balaban J connectivity index is 2.80. The molecule has 1 heterocycles. The SMILES string of the molecule is Cc1nn(C)c(C)c1NC(=O)CC(=O)O. The van der Waals surface area contributed by atoms with Gasteiger partial charge in [0.05, 0.1) is 17.1 Å². The molecule has 0 radical (unpaired) electrons. The molecule has 0 atom stereocenters. The second-order valence-corrected chi connectivity index (χ2v) is 3.29. The zero-order valence-corrected chi connectivity index (χ0v) is 8.87. The van der Waals surface area contributed by atoms with Gasteiger partial charge in [-0.2, -0.15) is 5.10 Å². The number of carboxylic acid groups (broad SMARTS) is 1. The third kappa shape index (κ3) is 2.55. The average Bonchev–Trinajstić information content (AvgIpc) is 2.31. The molecule has 82 valence electrons. The highest BCUT2D eigenvalue weighted by atomic mass is 16.4. The largest absolute Gasteiger partial charge is 0.481 e. The Morgan fingerprint density at radius 3 is 2.47 bits per heavy atom. The van der Waals surface area contributed by atoms with Gasteiger partial charge in [0.2, 0.25) is 5.91 Å². The lowest BCUT2D eigenvalue weighted by Crippen LogP contribution is -2.16. The molecule has 6 nitrogen and oxygen atoms in total. The molecule has 0 bridgehead atoms. The first-order chi connectivity index (χ1) is 6.91. The van der Waals surface area contributed by atoms with Crippen molar-refractivity contribution in [3.8, 4) is 0 Å². The van der Waals surface area contributed by atoms with E-state index in [4.69, 9.17) is 5.11 Å². The van der Waals surface area contributed by atoms with Crippen molar-refractivity contribution in [2.45, 2.75) is 20.3 Å². The van der Waals surface area contributed by atoms with Crippen molar-refractivity contribution in [1.29, 1.82) is 0 Å². The van der Waals surface area contributed by atoms with Crippen LogP contribution in [0.1, 0.15) is 17.8 Å². The van der Waals surface area contributed by atoms with Crippen LogP contribution >= 0.6 is 0 Å². The molecule has 0 fully saturated rings. The summed E-state index contributed by atoms with van der Waals surface area (Å²) in [5.41, 5.74) is 2.06. The number of carbonyl (C=O) groups is 2. The standard InChI is InChI=1S/C9H13N3O3/c1-5-9(6(2)12(3)11-5)10-7(13)4-8(14)15/h4H2,1-3H3,(H,10,13)(H,14,15). The van der Waals surface area contributed by atoms with Crippen molar-refractivity contribution >= 4 is 17.6 Å². The second kappa shape index (κ2) is 4.12. The third-order valence-corrected chi connectivity index (χ3v) is 2.09. The number of hydrogen-bond donors (Lipinski definition) is 2. The molecule has 0 saturated carbocycles. The zero-order chi connectivity index (χ0) is 11.6. The summed E-state index contributed by atoms with van der Waals surface area (Å²) in [5.74, 6) is -1.69. The topological polar surface area (TPSA) is 84.2 Å². The lowest BCUT2D eigenvalue weighted by molar-refractivity contribution is -0.139. The molecule has 0 aromatic carbocycles. The lowest BCUT2D eigenvalue weighted by atomic mass is 10.3. The van der Waals surface area contributed by atoms with Crippen LogP contribution in [-0.2, 0) is 16.6 Å². The maximum absolute atomic E-state index is 11.2. The van der Waals surface area contributed by atoms with Crippen LogP contribution in [0.4, 0.5) is 5.69 Å². The molecule has 0 aliphatic heterocycles. The number of nitrogens with one attached hydrogen (secondary N) is 1. The van der Waals surface area contributed by atoms with E-state index in [0.717, 1.165) is 5.69 Å². The molecule has 2 N–H and O–H groups in total. The Hall–Kier alpha value is -1.85. The Bertz CT molecular complexity index is 409.